The number of alkyl halides is 1. The third kappa shape index (κ3) is 10.1. The molecule has 0 saturated carbocycles. The molecule has 2 aromatic carbocycles. The quantitative estimate of drug-likeness (QED) is 0.333. The van der Waals surface area contributed by atoms with E-state index >= 15 is 0 Å². The van der Waals surface area contributed by atoms with E-state index in [2.05, 4.69) is 10.2 Å². The van der Waals surface area contributed by atoms with Gasteiger partial charge in [0.1, 0.15) is 17.2 Å². The maximum absolute atomic E-state index is 12.6. The van der Waals surface area contributed by atoms with E-state index in [-0.39, 0.29) is 30.5 Å². The van der Waals surface area contributed by atoms with E-state index in [0.717, 1.165) is 24.3 Å². The monoisotopic (exact) mass is 488 g/mol. The highest BCUT2D eigenvalue weighted by atomic mass is 19.1. The number of rotatable bonds is 15. The zero-order chi connectivity index (χ0) is 24.9. The number of aliphatic hydroxyl groups is 1. The summed E-state index contributed by atoms with van der Waals surface area (Å²) in [6.07, 6.45) is 3.24. The average Bonchev–Trinajstić information content (AvgIpc) is 3.26. The number of carbonyl (C=O) groups is 1. The standard InChI is InChI=1S/C27H37FN2O5/c28-14-1-2-16-34-25-9-5-21(6-10-25)18-22(19-30-15-13-24(32)20-30)29-27(33)4-3-17-35-26-11-7-23(31)8-12-26/h5-12,22,24,31-32H,1-4,13-20H2,(H,29,33). The number of phenolic OH excluding ortho intramolecular Hbond substituents is 1. The molecule has 1 aliphatic rings. The van der Waals surface area contributed by atoms with Crippen molar-refractivity contribution in [3.63, 3.8) is 0 Å². The Balaban J connectivity index is 1.47. The van der Waals surface area contributed by atoms with Crippen molar-refractivity contribution in [2.24, 2.45) is 0 Å². The number of carbonyl (C=O) groups excluding carboxylic acids is 1. The first-order valence-corrected chi connectivity index (χ1v) is 12.4. The maximum Gasteiger partial charge on any atom is 0.220 e. The lowest BCUT2D eigenvalue weighted by molar-refractivity contribution is -0.122. The number of hydrogen-bond donors (Lipinski definition) is 3. The summed E-state index contributed by atoms with van der Waals surface area (Å²) in [5.41, 5.74) is 1.09. The van der Waals surface area contributed by atoms with Gasteiger partial charge in [0.25, 0.3) is 0 Å². The molecule has 3 N–H and O–H groups in total. The molecule has 1 saturated heterocycles. The highest BCUT2D eigenvalue weighted by molar-refractivity contribution is 5.76. The van der Waals surface area contributed by atoms with Crippen LogP contribution in [0.5, 0.6) is 17.2 Å². The number of aliphatic hydroxyl groups excluding tert-OH is 1. The fourth-order valence-electron chi connectivity index (χ4n) is 4.11. The molecule has 2 unspecified atom stereocenters. The van der Waals surface area contributed by atoms with Crippen LogP contribution in [-0.2, 0) is 11.2 Å². The Morgan fingerprint density at radius 2 is 1.69 bits per heavy atom. The Labute approximate surface area is 206 Å². The van der Waals surface area contributed by atoms with Gasteiger partial charge in [0.15, 0.2) is 0 Å². The van der Waals surface area contributed by atoms with E-state index in [0.29, 0.717) is 64.2 Å². The van der Waals surface area contributed by atoms with Crippen LogP contribution in [0.1, 0.15) is 37.7 Å². The molecule has 0 bridgehead atoms. The second kappa shape index (κ2) is 14.5. The van der Waals surface area contributed by atoms with E-state index in [1.165, 1.54) is 0 Å². The van der Waals surface area contributed by atoms with Crippen LogP contribution in [0.15, 0.2) is 48.5 Å². The molecule has 2 aromatic rings. The van der Waals surface area contributed by atoms with Crippen molar-refractivity contribution in [3.05, 3.63) is 54.1 Å². The Hall–Kier alpha value is -2.84. The lowest BCUT2D eigenvalue weighted by atomic mass is 10.0. The third-order valence-electron chi connectivity index (χ3n) is 5.95. The van der Waals surface area contributed by atoms with Crippen LogP contribution in [0.3, 0.4) is 0 Å². The Morgan fingerprint density at radius 1 is 1.03 bits per heavy atom. The van der Waals surface area contributed by atoms with Gasteiger partial charge in [-0.15, -0.1) is 0 Å². The first-order chi connectivity index (χ1) is 17.0. The summed E-state index contributed by atoms with van der Waals surface area (Å²) in [6.45, 7) is 2.70. The van der Waals surface area contributed by atoms with E-state index in [1.54, 1.807) is 24.3 Å². The second-order valence-electron chi connectivity index (χ2n) is 9.01. The van der Waals surface area contributed by atoms with Crippen molar-refractivity contribution in [1.29, 1.82) is 0 Å². The van der Waals surface area contributed by atoms with Gasteiger partial charge in [-0.05, 0) is 74.1 Å². The van der Waals surface area contributed by atoms with Crippen LogP contribution in [-0.4, -0.2) is 72.7 Å². The van der Waals surface area contributed by atoms with Crippen LogP contribution in [0.2, 0.25) is 0 Å². The lowest BCUT2D eigenvalue weighted by Crippen LogP contribution is -2.44. The molecule has 8 heteroatoms. The molecule has 192 valence electrons. The number of aromatic hydroxyl groups is 1. The number of nitrogens with zero attached hydrogens (tertiary/aromatic N) is 1. The molecule has 1 aliphatic heterocycles. The topological polar surface area (TPSA) is 91.3 Å². The Morgan fingerprint density at radius 3 is 2.31 bits per heavy atom. The molecule has 1 fully saturated rings. The van der Waals surface area contributed by atoms with Crippen LogP contribution < -0.4 is 14.8 Å². The molecule has 1 amide bonds. The van der Waals surface area contributed by atoms with Gasteiger partial charge < -0.3 is 25.0 Å². The van der Waals surface area contributed by atoms with Gasteiger partial charge in [0, 0.05) is 32.1 Å². The van der Waals surface area contributed by atoms with Crippen LogP contribution in [0.4, 0.5) is 4.39 Å². The van der Waals surface area contributed by atoms with E-state index < -0.39 is 0 Å². The highest BCUT2D eigenvalue weighted by Gasteiger charge is 2.24. The van der Waals surface area contributed by atoms with Gasteiger partial charge >= 0.3 is 0 Å². The summed E-state index contributed by atoms with van der Waals surface area (Å²) < 4.78 is 23.5. The SMILES string of the molecule is O=C(CCCOc1ccc(O)cc1)NC(Cc1ccc(OCCCCF)cc1)CN1CCC(O)C1. The minimum absolute atomic E-state index is 0.0307. The Kier molecular flexibility index (Phi) is 11.1. The minimum atomic E-state index is -0.325. The van der Waals surface area contributed by atoms with E-state index in [4.69, 9.17) is 9.47 Å². The molecule has 0 spiro atoms. The van der Waals surface area contributed by atoms with E-state index in [1.807, 2.05) is 24.3 Å². The van der Waals surface area contributed by atoms with E-state index in [9.17, 15) is 19.4 Å². The van der Waals surface area contributed by atoms with Gasteiger partial charge in [-0.25, -0.2) is 0 Å². The number of ether oxygens (including phenoxy) is 2. The number of likely N-dealkylation sites (tertiary alicyclic amines) is 1. The minimum Gasteiger partial charge on any atom is -0.508 e. The molecule has 2 atom stereocenters. The van der Waals surface area contributed by atoms with Crippen molar-refractivity contribution in [2.75, 3.05) is 39.5 Å². The number of halogens is 1. The summed E-state index contributed by atoms with van der Waals surface area (Å²) in [6, 6.07) is 14.2. The number of hydrogen-bond acceptors (Lipinski definition) is 6. The Bertz CT molecular complexity index is 878. The molecule has 1 heterocycles. The maximum atomic E-state index is 12.6. The molecule has 7 nitrogen and oxygen atoms in total. The van der Waals surface area contributed by atoms with Crippen molar-refractivity contribution in [2.45, 2.75) is 50.7 Å². The fraction of sp³-hybridized carbons (Fsp3) is 0.519. The summed E-state index contributed by atoms with van der Waals surface area (Å²) >= 11 is 0. The molecular weight excluding hydrogens is 451 g/mol. The molecule has 0 radical (unpaired) electrons. The zero-order valence-electron chi connectivity index (χ0n) is 20.2. The molecule has 0 aromatic heterocycles. The summed E-state index contributed by atoms with van der Waals surface area (Å²) in [5.74, 6) is 1.56. The first-order valence-electron chi connectivity index (χ1n) is 12.4. The molecule has 3 rings (SSSR count). The number of β-amino-alcohol motifs (C(OH)–C–C–N with tert-alkyl or cyclic N) is 1. The highest BCUT2D eigenvalue weighted by Crippen LogP contribution is 2.17. The normalized spacial score (nSPS) is 16.7. The predicted octanol–water partition coefficient (Wildman–Crippen LogP) is 3.47. The van der Waals surface area contributed by atoms with Gasteiger partial charge in [-0.1, -0.05) is 12.1 Å². The van der Waals surface area contributed by atoms with Crippen molar-refractivity contribution in [3.8, 4) is 17.2 Å². The fourth-order valence-corrected chi connectivity index (χ4v) is 4.11. The van der Waals surface area contributed by atoms with Gasteiger partial charge in [0.05, 0.1) is 26.0 Å². The lowest BCUT2D eigenvalue weighted by Gasteiger charge is -2.25. The largest absolute Gasteiger partial charge is 0.508 e. The predicted molar refractivity (Wildman–Crippen MR) is 133 cm³/mol. The number of nitrogens with one attached hydrogen (secondary N) is 1. The first kappa shape index (κ1) is 26.8. The van der Waals surface area contributed by atoms with Crippen molar-refractivity contribution < 1.29 is 28.9 Å². The van der Waals surface area contributed by atoms with Crippen LogP contribution >= 0.6 is 0 Å². The summed E-state index contributed by atoms with van der Waals surface area (Å²) in [7, 11) is 0. The van der Waals surface area contributed by atoms with Crippen molar-refractivity contribution in [1.82, 2.24) is 10.2 Å². The average molecular weight is 489 g/mol. The summed E-state index contributed by atoms with van der Waals surface area (Å²) in [5, 5.41) is 22.4. The third-order valence-corrected chi connectivity index (χ3v) is 5.95. The van der Waals surface area contributed by atoms with Gasteiger partial charge in [-0.2, -0.15) is 0 Å². The number of amides is 1. The smallest absolute Gasteiger partial charge is 0.220 e. The van der Waals surface area contributed by atoms with Gasteiger partial charge in [0.2, 0.25) is 5.91 Å². The summed E-state index contributed by atoms with van der Waals surface area (Å²) in [4.78, 5) is 14.8. The second-order valence-corrected chi connectivity index (χ2v) is 9.01. The number of phenols is 1. The number of unbranched alkanes of at least 4 members (excludes halogenated alkanes) is 1. The zero-order valence-corrected chi connectivity index (χ0v) is 20.2. The van der Waals surface area contributed by atoms with Crippen molar-refractivity contribution >= 4 is 5.91 Å². The molecular formula is C27H37FN2O5. The molecule has 35 heavy (non-hydrogen) atoms. The van der Waals surface area contributed by atoms with Gasteiger partial charge in [-0.3, -0.25) is 14.1 Å². The molecule has 0 aliphatic carbocycles. The number of benzene rings is 2. The van der Waals surface area contributed by atoms with Crippen LogP contribution in [0, 0.1) is 0 Å². The van der Waals surface area contributed by atoms with Crippen LogP contribution in [0.25, 0.3) is 0 Å².